The zero-order valence-corrected chi connectivity index (χ0v) is 18.2. The lowest BCUT2D eigenvalue weighted by atomic mass is 9.81. The van der Waals surface area contributed by atoms with E-state index in [4.69, 9.17) is 21.2 Å². The number of thioether (sulfide) groups is 1. The van der Waals surface area contributed by atoms with Crippen LogP contribution in [0, 0.1) is 0 Å². The van der Waals surface area contributed by atoms with Crippen molar-refractivity contribution in [1.82, 2.24) is 0 Å². The van der Waals surface area contributed by atoms with Gasteiger partial charge in [-0.05, 0) is 47.9 Å². The topological polar surface area (TPSA) is 90.7 Å². The molecule has 31 heavy (non-hydrogen) atoms. The summed E-state index contributed by atoms with van der Waals surface area (Å²) in [7, 11) is 0. The molecule has 2 atom stereocenters. The SMILES string of the molecule is C=CC=CC=C(C)C1CC2(CSC(N)=N2)c2cc(-c3cccc(C(N)=O)c3)ccc2O1. The quantitative estimate of drug-likeness (QED) is 0.680. The highest BCUT2D eigenvalue weighted by atomic mass is 32.2. The Morgan fingerprint density at radius 3 is 2.77 bits per heavy atom. The van der Waals surface area contributed by atoms with E-state index in [2.05, 4.69) is 19.6 Å². The zero-order valence-electron chi connectivity index (χ0n) is 17.4. The Hall–Kier alpha value is -3.25. The molecule has 0 saturated carbocycles. The van der Waals surface area contributed by atoms with Crippen LogP contribution in [0.25, 0.3) is 11.1 Å². The van der Waals surface area contributed by atoms with Crippen LogP contribution in [-0.2, 0) is 5.54 Å². The van der Waals surface area contributed by atoms with Crippen molar-refractivity contribution < 1.29 is 9.53 Å². The number of hydrogen-bond donors (Lipinski definition) is 2. The van der Waals surface area contributed by atoms with Crippen LogP contribution in [-0.4, -0.2) is 22.9 Å². The van der Waals surface area contributed by atoms with Crippen molar-refractivity contribution in [3.05, 3.63) is 90.0 Å². The Kier molecular flexibility index (Phi) is 5.74. The van der Waals surface area contributed by atoms with Gasteiger partial charge in [0.25, 0.3) is 0 Å². The van der Waals surface area contributed by atoms with Crippen molar-refractivity contribution >= 4 is 22.8 Å². The number of carbonyl (C=O) groups excluding carboxylic acids is 1. The molecule has 2 unspecified atom stereocenters. The van der Waals surface area contributed by atoms with Gasteiger partial charge in [-0.15, -0.1) is 0 Å². The van der Waals surface area contributed by atoms with Crippen LogP contribution in [0.15, 0.2) is 83.9 Å². The summed E-state index contributed by atoms with van der Waals surface area (Å²) in [6.07, 6.45) is 8.26. The van der Waals surface area contributed by atoms with E-state index in [-0.39, 0.29) is 6.10 Å². The molecule has 0 saturated heterocycles. The molecular formula is C25H25N3O2S. The van der Waals surface area contributed by atoms with Crippen molar-refractivity contribution in [3.8, 4) is 16.9 Å². The number of fused-ring (bicyclic) bond motifs is 2. The third-order valence-electron chi connectivity index (χ3n) is 5.65. The van der Waals surface area contributed by atoms with E-state index in [9.17, 15) is 4.79 Å². The van der Waals surface area contributed by atoms with Gasteiger partial charge in [0, 0.05) is 23.3 Å². The van der Waals surface area contributed by atoms with Crippen LogP contribution in [0.5, 0.6) is 5.75 Å². The Labute approximate surface area is 186 Å². The first-order valence-corrected chi connectivity index (χ1v) is 11.1. The molecule has 158 valence electrons. The van der Waals surface area contributed by atoms with Gasteiger partial charge in [0.2, 0.25) is 5.91 Å². The van der Waals surface area contributed by atoms with Gasteiger partial charge < -0.3 is 16.2 Å². The second-order valence-electron chi connectivity index (χ2n) is 7.77. The number of ether oxygens (including phenoxy) is 1. The monoisotopic (exact) mass is 431 g/mol. The number of amidine groups is 1. The van der Waals surface area contributed by atoms with Crippen LogP contribution in [0.2, 0.25) is 0 Å². The normalized spacial score (nSPS) is 22.8. The maximum atomic E-state index is 11.6. The molecule has 4 rings (SSSR count). The summed E-state index contributed by atoms with van der Waals surface area (Å²) < 4.78 is 6.38. The molecule has 0 fully saturated rings. The fourth-order valence-corrected chi connectivity index (χ4v) is 4.96. The number of aliphatic imine (C=N–C) groups is 1. The van der Waals surface area contributed by atoms with Gasteiger partial charge >= 0.3 is 0 Å². The maximum Gasteiger partial charge on any atom is 0.248 e. The Balaban J connectivity index is 1.77. The van der Waals surface area contributed by atoms with E-state index in [0.29, 0.717) is 17.2 Å². The highest BCUT2D eigenvalue weighted by molar-refractivity contribution is 8.14. The highest BCUT2D eigenvalue weighted by Crippen LogP contribution is 2.49. The van der Waals surface area contributed by atoms with Crippen molar-refractivity contribution in [2.24, 2.45) is 16.5 Å². The molecule has 4 N–H and O–H groups in total. The van der Waals surface area contributed by atoms with E-state index in [1.54, 1.807) is 23.9 Å². The Bertz CT molecular complexity index is 1140. The average molecular weight is 432 g/mol. The van der Waals surface area contributed by atoms with Gasteiger partial charge in [0.15, 0.2) is 5.17 Å². The minimum absolute atomic E-state index is 0.0961. The van der Waals surface area contributed by atoms with E-state index < -0.39 is 11.4 Å². The molecule has 2 aliphatic heterocycles. The zero-order chi connectivity index (χ0) is 22.0. The summed E-state index contributed by atoms with van der Waals surface area (Å²) >= 11 is 1.57. The molecule has 6 heteroatoms. The predicted molar refractivity (Wildman–Crippen MR) is 128 cm³/mol. The minimum atomic E-state index is -0.445. The molecular weight excluding hydrogens is 406 g/mol. The van der Waals surface area contributed by atoms with Crippen LogP contribution in [0.4, 0.5) is 0 Å². The van der Waals surface area contributed by atoms with Gasteiger partial charge in [-0.25, -0.2) is 0 Å². The first kappa shape index (κ1) is 21.0. The van der Waals surface area contributed by atoms with Crippen LogP contribution < -0.4 is 16.2 Å². The summed E-state index contributed by atoms with van der Waals surface area (Å²) in [6, 6.07) is 13.4. The fraction of sp³-hybridized carbons (Fsp3) is 0.200. The number of primary amides is 1. The molecule has 1 spiro atoms. The van der Waals surface area contributed by atoms with E-state index >= 15 is 0 Å². The molecule has 0 aromatic heterocycles. The number of carbonyl (C=O) groups is 1. The minimum Gasteiger partial charge on any atom is -0.486 e. The second kappa shape index (κ2) is 8.47. The number of rotatable bonds is 5. The van der Waals surface area contributed by atoms with Gasteiger partial charge in [-0.1, -0.05) is 60.8 Å². The first-order valence-electron chi connectivity index (χ1n) is 10.1. The summed E-state index contributed by atoms with van der Waals surface area (Å²) in [4.78, 5) is 16.5. The number of allylic oxidation sites excluding steroid dienone is 4. The van der Waals surface area contributed by atoms with Gasteiger partial charge in [0.05, 0.1) is 0 Å². The summed E-state index contributed by atoms with van der Waals surface area (Å²) in [5, 5.41) is 0.598. The molecule has 2 aliphatic rings. The number of nitrogens with zero attached hydrogens (tertiary/aromatic N) is 1. The van der Waals surface area contributed by atoms with Crippen LogP contribution in [0.1, 0.15) is 29.3 Å². The van der Waals surface area contributed by atoms with Crippen molar-refractivity contribution in [1.29, 1.82) is 0 Å². The largest absolute Gasteiger partial charge is 0.486 e. The standard InChI is InChI=1S/C25H25N3O2S/c1-3-4-5-7-16(2)22-14-25(15-31-24(27)28-25)20-13-18(10-11-21(20)30-22)17-8-6-9-19(12-17)23(26)29/h3-13,22H,1,14-15H2,2H3,(H2,26,29)(H2,27,28). The molecule has 5 nitrogen and oxygen atoms in total. The average Bonchev–Trinajstić information content (AvgIpc) is 3.14. The predicted octanol–water partition coefficient (Wildman–Crippen LogP) is 4.55. The highest BCUT2D eigenvalue weighted by Gasteiger charge is 2.45. The number of hydrogen-bond acceptors (Lipinski definition) is 5. The first-order chi connectivity index (χ1) is 14.9. The van der Waals surface area contributed by atoms with Crippen molar-refractivity contribution in [2.75, 3.05) is 5.75 Å². The summed E-state index contributed by atoms with van der Waals surface area (Å²) in [5.41, 5.74) is 15.6. The van der Waals surface area contributed by atoms with Gasteiger partial charge in [-0.3, -0.25) is 9.79 Å². The number of nitrogens with two attached hydrogens (primary N) is 2. The molecule has 0 radical (unpaired) electrons. The maximum absolute atomic E-state index is 11.6. The summed E-state index contributed by atoms with van der Waals surface area (Å²) in [6.45, 7) is 5.77. The lowest BCUT2D eigenvalue weighted by Crippen LogP contribution is -2.38. The molecule has 1 amide bonds. The van der Waals surface area contributed by atoms with Crippen molar-refractivity contribution in [2.45, 2.75) is 25.0 Å². The van der Waals surface area contributed by atoms with Gasteiger partial charge in [-0.2, -0.15) is 0 Å². The summed E-state index contributed by atoms with van der Waals surface area (Å²) in [5.74, 6) is 1.14. The third kappa shape index (κ3) is 4.16. The molecule has 0 bridgehead atoms. The number of amides is 1. The van der Waals surface area contributed by atoms with E-state index in [0.717, 1.165) is 33.8 Å². The molecule has 0 aliphatic carbocycles. The number of benzene rings is 2. The lowest BCUT2D eigenvalue weighted by Gasteiger charge is -2.38. The molecule has 2 aromatic carbocycles. The third-order valence-corrected chi connectivity index (χ3v) is 6.66. The second-order valence-corrected chi connectivity index (χ2v) is 8.76. The fourth-order valence-electron chi connectivity index (χ4n) is 4.00. The van der Waals surface area contributed by atoms with E-state index in [1.165, 1.54) is 0 Å². The van der Waals surface area contributed by atoms with Crippen LogP contribution in [0.3, 0.4) is 0 Å². The van der Waals surface area contributed by atoms with Gasteiger partial charge in [0.1, 0.15) is 17.4 Å². The Morgan fingerprint density at radius 1 is 1.26 bits per heavy atom. The molecule has 2 heterocycles. The van der Waals surface area contributed by atoms with E-state index in [1.807, 2.05) is 48.6 Å². The molecule has 2 aromatic rings. The smallest absolute Gasteiger partial charge is 0.248 e. The van der Waals surface area contributed by atoms with Crippen LogP contribution >= 0.6 is 11.8 Å². The van der Waals surface area contributed by atoms with Crippen molar-refractivity contribution in [3.63, 3.8) is 0 Å². The lowest BCUT2D eigenvalue weighted by molar-refractivity contribution is 0.100. The Morgan fingerprint density at radius 2 is 2.06 bits per heavy atom.